The van der Waals surface area contributed by atoms with Crippen molar-refractivity contribution >= 4 is 21.9 Å². The van der Waals surface area contributed by atoms with Crippen LogP contribution in [-0.2, 0) is 4.79 Å². The molecule has 0 saturated heterocycles. The summed E-state index contributed by atoms with van der Waals surface area (Å²) in [4.78, 5) is 10.5. The van der Waals surface area contributed by atoms with Crippen LogP contribution in [0.5, 0.6) is 0 Å². The standard InChI is InChI=1S/C11H11BrO2/c12-9-3-1-7(2-4-9)10-5-8(10)6-11(13)14/h1-4,8,10H,5-6H2,(H,13,14). The zero-order valence-electron chi connectivity index (χ0n) is 7.61. The van der Waals surface area contributed by atoms with E-state index in [1.165, 1.54) is 5.56 Å². The Labute approximate surface area is 91.1 Å². The molecule has 2 nitrogen and oxygen atoms in total. The van der Waals surface area contributed by atoms with Crippen molar-refractivity contribution < 1.29 is 9.90 Å². The monoisotopic (exact) mass is 254 g/mol. The summed E-state index contributed by atoms with van der Waals surface area (Å²) in [6.07, 6.45) is 1.33. The van der Waals surface area contributed by atoms with Crippen LogP contribution >= 0.6 is 15.9 Å². The fourth-order valence-electron chi connectivity index (χ4n) is 1.82. The highest BCUT2D eigenvalue weighted by atomic mass is 79.9. The van der Waals surface area contributed by atoms with Gasteiger partial charge in [0.25, 0.3) is 0 Å². The van der Waals surface area contributed by atoms with Crippen LogP contribution in [0.25, 0.3) is 0 Å². The average molecular weight is 255 g/mol. The fraction of sp³-hybridized carbons (Fsp3) is 0.364. The van der Waals surface area contributed by atoms with Gasteiger partial charge in [-0.25, -0.2) is 0 Å². The van der Waals surface area contributed by atoms with Gasteiger partial charge in [-0.3, -0.25) is 4.79 Å². The highest BCUT2D eigenvalue weighted by molar-refractivity contribution is 9.10. The summed E-state index contributed by atoms with van der Waals surface area (Å²) in [5.74, 6) is 0.141. The molecule has 0 radical (unpaired) electrons. The molecule has 0 spiro atoms. The Bertz CT molecular complexity index is 345. The van der Waals surface area contributed by atoms with E-state index >= 15 is 0 Å². The van der Waals surface area contributed by atoms with Crippen molar-refractivity contribution in [2.45, 2.75) is 18.8 Å². The van der Waals surface area contributed by atoms with Crippen molar-refractivity contribution in [1.82, 2.24) is 0 Å². The van der Waals surface area contributed by atoms with Gasteiger partial charge >= 0.3 is 5.97 Å². The van der Waals surface area contributed by atoms with Gasteiger partial charge < -0.3 is 5.11 Å². The van der Waals surface area contributed by atoms with Crippen LogP contribution in [0.4, 0.5) is 0 Å². The number of benzene rings is 1. The molecule has 1 aromatic rings. The lowest BCUT2D eigenvalue weighted by Crippen LogP contribution is -1.96. The van der Waals surface area contributed by atoms with E-state index in [-0.39, 0.29) is 0 Å². The molecule has 1 aromatic carbocycles. The van der Waals surface area contributed by atoms with Gasteiger partial charge in [0.15, 0.2) is 0 Å². The Morgan fingerprint density at radius 3 is 2.64 bits per heavy atom. The molecule has 2 rings (SSSR count). The number of halogens is 1. The lowest BCUT2D eigenvalue weighted by Gasteiger charge is -1.98. The Hall–Kier alpha value is -0.830. The van der Waals surface area contributed by atoms with E-state index in [0.29, 0.717) is 18.3 Å². The van der Waals surface area contributed by atoms with Crippen LogP contribution in [0.15, 0.2) is 28.7 Å². The SMILES string of the molecule is O=C(O)CC1CC1c1ccc(Br)cc1. The summed E-state index contributed by atoms with van der Waals surface area (Å²) in [6.45, 7) is 0. The second kappa shape index (κ2) is 3.73. The van der Waals surface area contributed by atoms with E-state index in [9.17, 15) is 4.79 Å². The maximum absolute atomic E-state index is 10.5. The van der Waals surface area contributed by atoms with E-state index in [4.69, 9.17) is 5.11 Å². The largest absolute Gasteiger partial charge is 0.481 e. The molecule has 0 amide bonds. The molecule has 2 atom stereocenters. The summed E-state index contributed by atoms with van der Waals surface area (Å²) < 4.78 is 1.07. The zero-order chi connectivity index (χ0) is 10.1. The highest BCUT2D eigenvalue weighted by Gasteiger charge is 2.39. The number of hydrogen-bond acceptors (Lipinski definition) is 1. The van der Waals surface area contributed by atoms with E-state index in [2.05, 4.69) is 28.1 Å². The summed E-state index contributed by atoms with van der Waals surface area (Å²) in [7, 11) is 0. The first-order chi connectivity index (χ1) is 6.66. The lowest BCUT2D eigenvalue weighted by atomic mass is 10.1. The van der Waals surface area contributed by atoms with Gasteiger partial charge in [-0.1, -0.05) is 28.1 Å². The van der Waals surface area contributed by atoms with Crippen LogP contribution in [-0.4, -0.2) is 11.1 Å². The molecule has 1 aliphatic rings. The van der Waals surface area contributed by atoms with Crippen molar-refractivity contribution in [2.24, 2.45) is 5.92 Å². The molecule has 0 bridgehead atoms. The number of aliphatic carboxylic acids is 1. The van der Waals surface area contributed by atoms with Crippen molar-refractivity contribution in [3.8, 4) is 0 Å². The number of carboxylic acids is 1. The van der Waals surface area contributed by atoms with Gasteiger partial charge in [0.05, 0.1) is 0 Å². The van der Waals surface area contributed by atoms with Crippen molar-refractivity contribution in [3.05, 3.63) is 34.3 Å². The quantitative estimate of drug-likeness (QED) is 0.901. The number of rotatable bonds is 3. The third kappa shape index (κ3) is 2.15. The van der Waals surface area contributed by atoms with Gasteiger partial charge in [-0.05, 0) is 36.0 Å². The molecule has 3 heteroatoms. The predicted octanol–water partition coefficient (Wildman–Crippen LogP) is 3.03. The van der Waals surface area contributed by atoms with Crippen molar-refractivity contribution in [1.29, 1.82) is 0 Å². The van der Waals surface area contributed by atoms with Gasteiger partial charge in [-0.2, -0.15) is 0 Å². The summed E-state index contributed by atoms with van der Waals surface area (Å²) >= 11 is 3.38. The first kappa shape index (κ1) is 9.71. The summed E-state index contributed by atoms with van der Waals surface area (Å²) in [5.41, 5.74) is 1.26. The molecule has 1 N–H and O–H groups in total. The maximum atomic E-state index is 10.5. The minimum atomic E-state index is -0.686. The second-order valence-electron chi connectivity index (χ2n) is 3.75. The highest BCUT2D eigenvalue weighted by Crippen LogP contribution is 2.49. The Morgan fingerprint density at radius 1 is 1.43 bits per heavy atom. The van der Waals surface area contributed by atoms with Crippen LogP contribution in [0.2, 0.25) is 0 Å². The Balaban J connectivity index is 1.99. The van der Waals surface area contributed by atoms with Crippen LogP contribution in [0.3, 0.4) is 0 Å². The average Bonchev–Trinajstić information content (AvgIpc) is 2.84. The van der Waals surface area contributed by atoms with Gasteiger partial charge in [0.2, 0.25) is 0 Å². The van der Waals surface area contributed by atoms with Crippen molar-refractivity contribution in [3.63, 3.8) is 0 Å². The minimum Gasteiger partial charge on any atom is -0.481 e. The van der Waals surface area contributed by atoms with Gasteiger partial charge in [0, 0.05) is 10.9 Å². The number of carbonyl (C=O) groups is 1. The Morgan fingerprint density at radius 2 is 2.07 bits per heavy atom. The van der Waals surface area contributed by atoms with E-state index in [1.54, 1.807) is 0 Å². The molecule has 74 valence electrons. The molecule has 1 aliphatic carbocycles. The molecule has 0 heterocycles. The topological polar surface area (TPSA) is 37.3 Å². The fourth-order valence-corrected chi connectivity index (χ4v) is 2.08. The number of carboxylic acid groups (broad SMARTS) is 1. The zero-order valence-corrected chi connectivity index (χ0v) is 9.20. The normalized spacial score (nSPS) is 24.6. The van der Waals surface area contributed by atoms with Gasteiger partial charge in [0.1, 0.15) is 0 Å². The van der Waals surface area contributed by atoms with Crippen LogP contribution in [0, 0.1) is 5.92 Å². The number of hydrogen-bond donors (Lipinski definition) is 1. The molecular formula is C11H11BrO2. The third-order valence-electron chi connectivity index (χ3n) is 2.66. The predicted molar refractivity (Wildman–Crippen MR) is 57.2 cm³/mol. The molecule has 1 saturated carbocycles. The lowest BCUT2D eigenvalue weighted by molar-refractivity contribution is -0.137. The van der Waals surface area contributed by atoms with E-state index < -0.39 is 5.97 Å². The molecule has 2 unspecified atom stereocenters. The first-order valence-electron chi connectivity index (χ1n) is 4.64. The van der Waals surface area contributed by atoms with Crippen LogP contribution < -0.4 is 0 Å². The Kier molecular flexibility index (Phi) is 2.59. The van der Waals surface area contributed by atoms with E-state index in [0.717, 1.165) is 10.9 Å². The minimum absolute atomic E-state index is 0.306. The molecule has 0 aromatic heterocycles. The molecular weight excluding hydrogens is 244 g/mol. The summed E-state index contributed by atoms with van der Waals surface area (Å²) in [5, 5.41) is 8.63. The smallest absolute Gasteiger partial charge is 0.303 e. The molecule has 0 aliphatic heterocycles. The van der Waals surface area contributed by atoms with Gasteiger partial charge in [-0.15, -0.1) is 0 Å². The maximum Gasteiger partial charge on any atom is 0.303 e. The van der Waals surface area contributed by atoms with E-state index in [1.807, 2.05) is 12.1 Å². The van der Waals surface area contributed by atoms with Crippen LogP contribution in [0.1, 0.15) is 24.3 Å². The molecule has 1 fully saturated rings. The third-order valence-corrected chi connectivity index (χ3v) is 3.19. The first-order valence-corrected chi connectivity index (χ1v) is 5.43. The second-order valence-corrected chi connectivity index (χ2v) is 4.67. The molecule has 14 heavy (non-hydrogen) atoms. The van der Waals surface area contributed by atoms with Crippen molar-refractivity contribution in [2.75, 3.05) is 0 Å². The summed E-state index contributed by atoms with van der Waals surface area (Å²) in [6, 6.07) is 8.14.